The second-order valence-corrected chi connectivity index (χ2v) is 4.89. The minimum absolute atomic E-state index is 0.628. The van der Waals surface area contributed by atoms with E-state index in [1.165, 1.54) is 5.39 Å². The van der Waals surface area contributed by atoms with Crippen LogP contribution in [0, 0.1) is 0 Å². The predicted molar refractivity (Wildman–Crippen MR) is 69.9 cm³/mol. The van der Waals surface area contributed by atoms with Crippen LogP contribution in [0.15, 0.2) is 36.4 Å². The van der Waals surface area contributed by atoms with E-state index in [2.05, 4.69) is 18.2 Å². The van der Waals surface area contributed by atoms with Gasteiger partial charge in [0.25, 0.3) is 0 Å². The fourth-order valence-electron chi connectivity index (χ4n) is 1.93. The average Bonchev–Trinajstić information content (AvgIpc) is 2.27. The van der Waals surface area contributed by atoms with Gasteiger partial charge in [-0.2, -0.15) is 0 Å². The molecule has 0 amide bonds. The van der Waals surface area contributed by atoms with Gasteiger partial charge in [0, 0.05) is 7.11 Å². The van der Waals surface area contributed by atoms with Gasteiger partial charge in [-0.25, -0.2) is 0 Å². The number of hydrogen-bond acceptors (Lipinski definition) is 2. The van der Waals surface area contributed by atoms with Crippen molar-refractivity contribution < 1.29 is 9.84 Å². The standard InChI is InChI=1S/C15H18O2/c1-15(2,16)14-7-6-12-8-11(10-17-3)4-5-13(12)9-14/h4-9,16H,10H2,1-3H3. The van der Waals surface area contributed by atoms with Gasteiger partial charge >= 0.3 is 0 Å². The van der Waals surface area contributed by atoms with E-state index in [4.69, 9.17) is 4.74 Å². The molecule has 0 heterocycles. The average molecular weight is 230 g/mol. The number of benzene rings is 2. The van der Waals surface area contributed by atoms with E-state index < -0.39 is 5.60 Å². The van der Waals surface area contributed by atoms with Crippen LogP contribution in [0.1, 0.15) is 25.0 Å². The van der Waals surface area contributed by atoms with Crippen LogP contribution in [0.3, 0.4) is 0 Å². The van der Waals surface area contributed by atoms with E-state index in [0.29, 0.717) is 6.61 Å². The van der Waals surface area contributed by atoms with Crippen molar-refractivity contribution in [1.29, 1.82) is 0 Å². The Morgan fingerprint density at radius 1 is 1.06 bits per heavy atom. The Hall–Kier alpha value is -1.38. The van der Waals surface area contributed by atoms with E-state index >= 15 is 0 Å². The Balaban J connectivity index is 2.47. The number of rotatable bonds is 3. The Bertz CT molecular complexity index is 524. The molecule has 0 radical (unpaired) electrons. The number of ether oxygens (including phenoxy) is 1. The fourth-order valence-corrected chi connectivity index (χ4v) is 1.93. The molecule has 0 unspecified atom stereocenters. The van der Waals surface area contributed by atoms with Gasteiger partial charge in [0.2, 0.25) is 0 Å². The molecule has 0 aliphatic heterocycles. The van der Waals surface area contributed by atoms with E-state index in [-0.39, 0.29) is 0 Å². The topological polar surface area (TPSA) is 29.5 Å². The lowest BCUT2D eigenvalue weighted by Crippen LogP contribution is -2.14. The van der Waals surface area contributed by atoms with Gasteiger partial charge in [0.05, 0.1) is 12.2 Å². The van der Waals surface area contributed by atoms with E-state index in [9.17, 15) is 5.11 Å². The molecule has 2 aromatic rings. The van der Waals surface area contributed by atoms with Crippen LogP contribution in [-0.4, -0.2) is 12.2 Å². The minimum Gasteiger partial charge on any atom is -0.386 e. The summed E-state index contributed by atoms with van der Waals surface area (Å²) in [4.78, 5) is 0. The zero-order valence-electron chi connectivity index (χ0n) is 10.5. The number of aliphatic hydroxyl groups is 1. The molecule has 0 aliphatic rings. The molecular formula is C15H18O2. The maximum absolute atomic E-state index is 9.97. The van der Waals surface area contributed by atoms with E-state index in [1.807, 2.05) is 18.2 Å². The van der Waals surface area contributed by atoms with Gasteiger partial charge in [0.1, 0.15) is 0 Å². The van der Waals surface area contributed by atoms with E-state index in [1.54, 1.807) is 21.0 Å². The molecule has 2 heteroatoms. The lowest BCUT2D eigenvalue weighted by atomic mass is 9.95. The Morgan fingerprint density at radius 3 is 2.35 bits per heavy atom. The van der Waals surface area contributed by atoms with Crippen molar-refractivity contribution >= 4 is 10.8 Å². The molecule has 0 fully saturated rings. The molecule has 2 aromatic carbocycles. The summed E-state index contributed by atoms with van der Waals surface area (Å²) in [7, 11) is 1.70. The van der Waals surface area contributed by atoms with Crippen molar-refractivity contribution in [1.82, 2.24) is 0 Å². The first kappa shape index (κ1) is 12.1. The molecule has 0 aromatic heterocycles. The smallest absolute Gasteiger partial charge is 0.0840 e. The van der Waals surface area contributed by atoms with Crippen LogP contribution in [-0.2, 0) is 16.9 Å². The van der Waals surface area contributed by atoms with Crippen molar-refractivity contribution in [3.8, 4) is 0 Å². The SMILES string of the molecule is COCc1ccc2cc(C(C)(C)O)ccc2c1. The first-order valence-corrected chi connectivity index (χ1v) is 5.75. The fraction of sp³-hybridized carbons (Fsp3) is 0.333. The van der Waals surface area contributed by atoms with Crippen molar-refractivity contribution in [3.63, 3.8) is 0 Å². The van der Waals surface area contributed by atoms with Crippen LogP contribution >= 0.6 is 0 Å². The predicted octanol–water partition coefficient (Wildman–Crippen LogP) is 3.21. The number of methoxy groups -OCH3 is 1. The number of fused-ring (bicyclic) bond motifs is 1. The third-order valence-corrected chi connectivity index (χ3v) is 2.92. The molecule has 0 atom stereocenters. The van der Waals surface area contributed by atoms with Crippen molar-refractivity contribution in [2.75, 3.05) is 7.11 Å². The first-order valence-electron chi connectivity index (χ1n) is 5.75. The summed E-state index contributed by atoms with van der Waals surface area (Å²) in [5.74, 6) is 0. The second-order valence-electron chi connectivity index (χ2n) is 4.89. The molecule has 1 N–H and O–H groups in total. The molecule has 2 rings (SSSR count). The summed E-state index contributed by atoms with van der Waals surface area (Å²) >= 11 is 0. The lowest BCUT2D eigenvalue weighted by molar-refractivity contribution is 0.0787. The highest BCUT2D eigenvalue weighted by Gasteiger charge is 2.15. The van der Waals surface area contributed by atoms with Crippen molar-refractivity contribution in [2.45, 2.75) is 26.1 Å². The first-order chi connectivity index (χ1) is 8.00. The van der Waals surface area contributed by atoms with Gasteiger partial charge in [-0.1, -0.05) is 24.3 Å². The molecule has 0 saturated carbocycles. The van der Waals surface area contributed by atoms with Crippen LogP contribution < -0.4 is 0 Å². The van der Waals surface area contributed by atoms with Crippen molar-refractivity contribution in [2.24, 2.45) is 0 Å². The molecular weight excluding hydrogens is 212 g/mol. The number of hydrogen-bond donors (Lipinski definition) is 1. The summed E-state index contributed by atoms with van der Waals surface area (Å²) in [5, 5.41) is 12.3. The van der Waals surface area contributed by atoms with Gasteiger partial charge in [-0.05, 0) is 47.9 Å². The monoisotopic (exact) mass is 230 g/mol. The van der Waals surface area contributed by atoms with Crippen molar-refractivity contribution in [3.05, 3.63) is 47.5 Å². The molecule has 17 heavy (non-hydrogen) atoms. The van der Waals surface area contributed by atoms with Crippen LogP contribution in [0.4, 0.5) is 0 Å². The Labute approximate surface area is 102 Å². The Morgan fingerprint density at radius 2 is 1.71 bits per heavy atom. The second kappa shape index (κ2) is 4.47. The normalized spacial score (nSPS) is 12.0. The van der Waals surface area contributed by atoms with Crippen LogP contribution in [0.2, 0.25) is 0 Å². The highest BCUT2D eigenvalue weighted by Crippen LogP contribution is 2.25. The molecule has 2 nitrogen and oxygen atoms in total. The summed E-state index contributed by atoms with van der Waals surface area (Å²) in [6, 6.07) is 12.3. The lowest BCUT2D eigenvalue weighted by Gasteiger charge is -2.18. The zero-order valence-corrected chi connectivity index (χ0v) is 10.5. The van der Waals surface area contributed by atoms with Crippen LogP contribution in [0.25, 0.3) is 10.8 Å². The highest BCUT2D eigenvalue weighted by molar-refractivity contribution is 5.84. The van der Waals surface area contributed by atoms with Crippen LogP contribution in [0.5, 0.6) is 0 Å². The van der Waals surface area contributed by atoms with Gasteiger partial charge < -0.3 is 9.84 Å². The summed E-state index contributed by atoms with van der Waals surface area (Å²) in [6.07, 6.45) is 0. The van der Waals surface area contributed by atoms with Gasteiger partial charge in [0.15, 0.2) is 0 Å². The third-order valence-electron chi connectivity index (χ3n) is 2.92. The highest BCUT2D eigenvalue weighted by atomic mass is 16.5. The quantitative estimate of drug-likeness (QED) is 0.877. The minimum atomic E-state index is -0.792. The summed E-state index contributed by atoms with van der Waals surface area (Å²) in [5.41, 5.74) is 1.31. The molecule has 0 spiro atoms. The zero-order chi connectivity index (χ0) is 12.5. The molecule has 90 valence electrons. The Kier molecular flexibility index (Phi) is 3.18. The third kappa shape index (κ3) is 2.65. The largest absolute Gasteiger partial charge is 0.386 e. The van der Waals surface area contributed by atoms with Gasteiger partial charge in [-0.3, -0.25) is 0 Å². The van der Waals surface area contributed by atoms with Gasteiger partial charge in [-0.15, -0.1) is 0 Å². The summed E-state index contributed by atoms with van der Waals surface area (Å²) in [6.45, 7) is 4.23. The summed E-state index contributed by atoms with van der Waals surface area (Å²) < 4.78 is 5.11. The molecule has 0 aliphatic carbocycles. The maximum Gasteiger partial charge on any atom is 0.0840 e. The maximum atomic E-state index is 9.97. The molecule has 0 saturated heterocycles. The van der Waals surface area contributed by atoms with E-state index in [0.717, 1.165) is 16.5 Å². The molecule has 0 bridgehead atoms.